The van der Waals surface area contributed by atoms with Gasteiger partial charge in [-0.15, -0.1) is 0 Å². The molecular weight excluding hydrogens is 224 g/mol. The van der Waals surface area contributed by atoms with E-state index in [0.717, 1.165) is 16.9 Å². The van der Waals surface area contributed by atoms with Crippen LogP contribution in [0.25, 0.3) is 0 Å². The van der Waals surface area contributed by atoms with Crippen LogP contribution in [-0.2, 0) is 4.79 Å². The van der Waals surface area contributed by atoms with Gasteiger partial charge in [0, 0.05) is 22.6 Å². The van der Waals surface area contributed by atoms with Crippen LogP contribution in [0.1, 0.15) is 17.2 Å². The zero-order valence-electron chi connectivity index (χ0n) is 8.33. The van der Waals surface area contributed by atoms with E-state index in [9.17, 15) is 4.79 Å². The number of amides is 1. The van der Waals surface area contributed by atoms with Crippen molar-refractivity contribution in [1.82, 2.24) is 4.98 Å². The third-order valence-electron chi connectivity index (χ3n) is 2.78. The molecule has 2 aromatic rings. The molecule has 1 atom stereocenters. The van der Waals surface area contributed by atoms with Crippen LogP contribution in [0.3, 0.4) is 0 Å². The summed E-state index contributed by atoms with van der Waals surface area (Å²) >= 11 is 5.95. The standard InChI is InChI=1S/C12H9ClN2O/c13-7-3-4-9-8(6-7)11(12(16)15-9)10-2-1-5-14-10/h1-6,11,14H,(H,15,16). The largest absolute Gasteiger partial charge is 0.364 e. The first-order valence-electron chi connectivity index (χ1n) is 4.99. The van der Waals surface area contributed by atoms with Crippen molar-refractivity contribution in [2.45, 2.75) is 5.92 Å². The topological polar surface area (TPSA) is 44.9 Å². The van der Waals surface area contributed by atoms with E-state index in [4.69, 9.17) is 11.6 Å². The molecule has 3 nitrogen and oxygen atoms in total. The number of rotatable bonds is 1. The maximum atomic E-state index is 11.9. The number of carbonyl (C=O) groups excluding carboxylic acids is 1. The minimum Gasteiger partial charge on any atom is -0.364 e. The predicted molar refractivity (Wildman–Crippen MR) is 62.7 cm³/mol. The third kappa shape index (κ3) is 1.32. The molecule has 1 unspecified atom stereocenters. The van der Waals surface area contributed by atoms with Gasteiger partial charge >= 0.3 is 0 Å². The van der Waals surface area contributed by atoms with Crippen molar-refractivity contribution in [2.24, 2.45) is 0 Å². The zero-order chi connectivity index (χ0) is 11.1. The molecule has 0 fully saturated rings. The monoisotopic (exact) mass is 232 g/mol. The Morgan fingerprint density at radius 3 is 2.88 bits per heavy atom. The summed E-state index contributed by atoms with van der Waals surface area (Å²) < 4.78 is 0. The van der Waals surface area contributed by atoms with Gasteiger partial charge in [0.05, 0.1) is 0 Å². The molecule has 1 aliphatic heterocycles. The number of fused-ring (bicyclic) bond motifs is 1. The summed E-state index contributed by atoms with van der Waals surface area (Å²) in [7, 11) is 0. The van der Waals surface area contributed by atoms with Crippen LogP contribution in [0.5, 0.6) is 0 Å². The number of nitrogens with one attached hydrogen (secondary N) is 2. The quantitative estimate of drug-likeness (QED) is 0.780. The van der Waals surface area contributed by atoms with Gasteiger partial charge in [-0.1, -0.05) is 11.6 Å². The first-order chi connectivity index (χ1) is 7.75. The maximum Gasteiger partial charge on any atom is 0.237 e. The Balaban J connectivity index is 2.15. The first-order valence-corrected chi connectivity index (χ1v) is 5.37. The first kappa shape index (κ1) is 9.48. The lowest BCUT2D eigenvalue weighted by Gasteiger charge is -2.06. The molecule has 1 aromatic carbocycles. The normalized spacial score (nSPS) is 18.3. The fourth-order valence-corrected chi connectivity index (χ4v) is 2.25. The zero-order valence-corrected chi connectivity index (χ0v) is 9.08. The number of aromatic amines is 1. The summed E-state index contributed by atoms with van der Waals surface area (Å²) in [4.78, 5) is 14.9. The van der Waals surface area contributed by atoms with Gasteiger partial charge in [0.15, 0.2) is 0 Å². The molecule has 1 amide bonds. The van der Waals surface area contributed by atoms with Gasteiger partial charge < -0.3 is 10.3 Å². The van der Waals surface area contributed by atoms with Gasteiger partial charge in [0.1, 0.15) is 5.92 Å². The van der Waals surface area contributed by atoms with Crippen molar-refractivity contribution in [2.75, 3.05) is 5.32 Å². The van der Waals surface area contributed by atoms with E-state index in [-0.39, 0.29) is 11.8 Å². The highest BCUT2D eigenvalue weighted by atomic mass is 35.5. The Kier molecular flexibility index (Phi) is 2.01. The van der Waals surface area contributed by atoms with E-state index in [1.54, 1.807) is 6.07 Å². The van der Waals surface area contributed by atoms with Crippen LogP contribution in [0.4, 0.5) is 5.69 Å². The van der Waals surface area contributed by atoms with E-state index in [0.29, 0.717) is 5.02 Å². The smallest absolute Gasteiger partial charge is 0.237 e. The number of benzene rings is 1. The lowest BCUT2D eigenvalue weighted by atomic mass is 9.97. The molecule has 0 radical (unpaired) electrons. The molecule has 4 heteroatoms. The number of halogens is 1. The SMILES string of the molecule is O=C1Nc2ccc(Cl)cc2C1c1ccc[nH]1. The summed E-state index contributed by atoms with van der Waals surface area (Å²) in [6.07, 6.45) is 1.81. The summed E-state index contributed by atoms with van der Waals surface area (Å²) in [6, 6.07) is 9.22. The highest BCUT2D eigenvalue weighted by Crippen LogP contribution is 2.37. The third-order valence-corrected chi connectivity index (χ3v) is 3.01. The van der Waals surface area contributed by atoms with Crippen LogP contribution in [-0.4, -0.2) is 10.9 Å². The van der Waals surface area contributed by atoms with Gasteiger partial charge in [-0.25, -0.2) is 0 Å². The maximum absolute atomic E-state index is 11.9. The minimum absolute atomic E-state index is 0.0142. The van der Waals surface area contributed by atoms with Crippen molar-refractivity contribution >= 4 is 23.2 Å². The van der Waals surface area contributed by atoms with Crippen LogP contribution in [0, 0.1) is 0 Å². The molecule has 1 aliphatic rings. The Labute approximate surface area is 97.4 Å². The predicted octanol–water partition coefficient (Wildman–Crippen LogP) is 2.75. The molecular formula is C12H9ClN2O. The van der Waals surface area contributed by atoms with Crippen molar-refractivity contribution < 1.29 is 4.79 Å². The highest BCUT2D eigenvalue weighted by molar-refractivity contribution is 6.31. The number of aromatic nitrogens is 1. The van der Waals surface area contributed by atoms with E-state index < -0.39 is 0 Å². The molecule has 2 heterocycles. The van der Waals surface area contributed by atoms with Gasteiger partial charge in [-0.2, -0.15) is 0 Å². The minimum atomic E-state index is -0.274. The molecule has 0 saturated heterocycles. The van der Waals surface area contributed by atoms with Crippen LogP contribution in [0.15, 0.2) is 36.5 Å². The second kappa shape index (κ2) is 3.39. The average Bonchev–Trinajstić information content (AvgIpc) is 2.83. The molecule has 16 heavy (non-hydrogen) atoms. The van der Waals surface area contributed by atoms with Crippen molar-refractivity contribution in [3.05, 3.63) is 52.8 Å². The Morgan fingerprint density at radius 2 is 2.12 bits per heavy atom. The Bertz CT molecular complexity index is 548. The van der Waals surface area contributed by atoms with Gasteiger partial charge in [-0.05, 0) is 35.9 Å². The number of carbonyl (C=O) groups is 1. The van der Waals surface area contributed by atoms with E-state index >= 15 is 0 Å². The van der Waals surface area contributed by atoms with Gasteiger partial charge in [0.25, 0.3) is 0 Å². The van der Waals surface area contributed by atoms with E-state index in [1.165, 1.54) is 0 Å². The number of anilines is 1. The van der Waals surface area contributed by atoms with Gasteiger partial charge in [-0.3, -0.25) is 4.79 Å². The lowest BCUT2D eigenvalue weighted by molar-refractivity contribution is -0.116. The summed E-state index contributed by atoms with van der Waals surface area (Å²) in [6.45, 7) is 0. The molecule has 3 rings (SSSR count). The highest BCUT2D eigenvalue weighted by Gasteiger charge is 2.32. The fourth-order valence-electron chi connectivity index (χ4n) is 2.06. The molecule has 0 saturated carbocycles. The molecule has 0 spiro atoms. The summed E-state index contributed by atoms with van der Waals surface area (Å²) in [5, 5.41) is 3.49. The molecule has 1 aromatic heterocycles. The Hall–Kier alpha value is -1.74. The second-order valence-corrected chi connectivity index (χ2v) is 4.22. The molecule has 80 valence electrons. The molecule has 0 bridgehead atoms. The van der Waals surface area contributed by atoms with Crippen molar-refractivity contribution in [3.8, 4) is 0 Å². The van der Waals surface area contributed by atoms with E-state index in [1.807, 2.05) is 30.5 Å². The van der Waals surface area contributed by atoms with Crippen LogP contribution in [0.2, 0.25) is 5.02 Å². The number of hydrogen-bond acceptors (Lipinski definition) is 1. The molecule has 2 N–H and O–H groups in total. The van der Waals surface area contributed by atoms with Crippen LogP contribution >= 0.6 is 11.6 Å². The summed E-state index contributed by atoms with van der Waals surface area (Å²) in [5.74, 6) is -0.289. The van der Waals surface area contributed by atoms with Crippen molar-refractivity contribution in [1.29, 1.82) is 0 Å². The summed E-state index contributed by atoms with van der Waals surface area (Å²) in [5.41, 5.74) is 2.66. The van der Waals surface area contributed by atoms with Crippen LogP contribution < -0.4 is 5.32 Å². The fraction of sp³-hybridized carbons (Fsp3) is 0.0833. The number of H-pyrrole nitrogens is 1. The Morgan fingerprint density at radius 1 is 1.25 bits per heavy atom. The van der Waals surface area contributed by atoms with E-state index in [2.05, 4.69) is 10.3 Å². The van der Waals surface area contributed by atoms with Gasteiger partial charge in [0.2, 0.25) is 5.91 Å². The lowest BCUT2D eigenvalue weighted by Crippen LogP contribution is -2.13. The average molecular weight is 233 g/mol. The van der Waals surface area contributed by atoms with Crippen molar-refractivity contribution in [3.63, 3.8) is 0 Å². The number of hydrogen-bond donors (Lipinski definition) is 2. The second-order valence-electron chi connectivity index (χ2n) is 3.78. The molecule has 0 aliphatic carbocycles.